The topological polar surface area (TPSA) is 368 Å². The van der Waals surface area contributed by atoms with Crippen LogP contribution in [-0.2, 0) is 51.6 Å². The third-order valence-electron chi connectivity index (χ3n) is 15.6. The Hall–Kier alpha value is -1.55. The lowest BCUT2D eigenvalue weighted by Crippen LogP contribution is -2.69. The van der Waals surface area contributed by atoms with Crippen molar-refractivity contribution < 1.29 is 113 Å². The average Bonchev–Trinajstić information content (AvgIpc) is 3.46. The van der Waals surface area contributed by atoms with E-state index in [1.54, 1.807) is 0 Å². The number of hydrogen-bond acceptors (Lipinski definition) is 22. The number of carbonyl (C=O) groups excluding carboxylic acids is 2. The Kier molecular flexibility index (Phi) is 37.0. The maximum atomic E-state index is 14.0. The van der Waals surface area contributed by atoms with Crippen molar-refractivity contribution in [2.24, 2.45) is 5.92 Å². The summed E-state index contributed by atoms with van der Waals surface area (Å²) in [7, 11) is -5.63. The van der Waals surface area contributed by atoms with Crippen molar-refractivity contribution in [2.45, 2.75) is 311 Å². The van der Waals surface area contributed by atoms with Gasteiger partial charge in [0.05, 0.1) is 19.8 Å². The van der Waals surface area contributed by atoms with Crippen LogP contribution in [0.4, 0.5) is 0 Å². The molecule has 0 aromatic carbocycles. The Balaban J connectivity index is 1.70. The van der Waals surface area contributed by atoms with Gasteiger partial charge in [-0.15, -0.1) is 0 Å². The second kappa shape index (κ2) is 40.7. The number of phosphoric acid groups is 1. The normalized spacial score (nSPS) is 31.6. The Morgan fingerprint density at radius 1 is 0.463 bits per heavy atom. The molecule has 1 saturated carbocycles. The van der Waals surface area contributed by atoms with E-state index < -0.39 is 150 Å². The minimum absolute atomic E-state index is 0.0261. The summed E-state index contributed by atoms with van der Waals surface area (Å²) < 4.78 is 58.2. The molecule has 3 rings (SSSR count). The second-order valence-electron chi connectivity index (χ2n) is 22.5. The molecule has 0 radical (unpaired) electrons. The van der Waals surface area contributed by atoms with Gasteiger partial charge in [-0.25, -0.2) is 4.57 Å². The summed E-state index contributed by atoms with van der Waals surface area (Å²) in [4.78, 5) is 37.6. The van der Waals surface area contributed by atoms with Crippen molar-refractivity contribution in [3.8, 4) is 0 Å². The highest BCUT2D eigenvalue weighted by atomic mass is 31.2. The molecule has 17 atom stereocenters. The van der Waals surface area contributed by atoms with E-state index >= 15 is 0 Å². The molecule has 2 aliphatic heterocycles. The molecule has 24 heteroatoms. The molecule has 2 heterocycles. The molecule has 472 valence electrons. The van der Waals surface area contributed by atoms with Crippen LogP contribution in [0.25, 0.3) is 0 Å². The molecular formula is C56H105O23P. The van der Waals surface area contributed by atoms with Crippen LogP contribution >= 0.6 is 7.82 Å². The highest BCUT2D eigenvalue weighted by Crippen LogP contribution is 2.49. The molecule has 0 bridgehead atoms. The number of phosphoric ester groups is 1. The van der Waals surface area contributed by atoms with E-state index in [1.807, 2.05) is 0 Å². The van der Waals surface area contributed by atoms with Gasteiger partial charge in [0, 0.05) is 12.8 Å². The van der Waals surface area contributed by atoms with Crippen molar-refractivity contribution in [1.82, 2.24) is 0 Å². The largest absolute Gasteiger partial charge is 0.472 e. The van der Waals surface area contributed by atoms with E-state index in [0.717, 1.165) is 64.2 Å². The van der Waals surface area contributed by atoms with Gasteiger partial charge in [0.25, 0.3) is 0 Å². The highest BCUT2D eigenvalue weighted by Gasteiger charge is 2.58. The van der Waals surface area contributed by atoms with Crippen molar-refractivity contribution in [1.29, 1.82) is 0 Å². The molecule has 23 nitrogen and oxygen atoms in total. The molecule has 17 unspecified atom stereocenters. The first kappa shape index (κ1) is 72.7. The van der Waals surface area contributed by atoms with Gasteiger partial charge in [0.1, 0.15) is 92.1 Å². The number of carbonyl (C=O) groups is 2. The highest BCUT2D eigenvalue weighted by molar-refractivity contribution is 7.47. The number of esters is 2. The molecule has 1 aliphatic carbocycles. The van der Waals surface area contributed by atoms with Gasteiger partial charge in [-0.1, -0.05) is 181 Å². The SMILES string of the molecule is CCCCCCCCCCCCCCCC(=O)OC(COC(=O)CCCCCCCCC(C)CCCCCCCC)COP(=O)(O)OC1C(OC2OC(CO)C(O)C(O)C2O)C(O)C(O)C(O)C1OC1OC(CO)C(O)C(O)C1O. The van der Waals surface area contributed by atoms with Crippen LogP contribution in [0.1, 0.15) is 207 Å². The van der Waals surface area contributed by atoms with E-state index in [2.05, 4.69) is 20.8 Å². The molecule has 80 heavy (non-hydrogen) atoms. The lowest BCUT2D eigenvalue weighted by Gasteiger charge is -2.49. The first-order valence-electron chi connectivity index (χ1n) is 30.3. The third-order valence-corrected chi connectivity index (χ3v) is 16.6. The predicted octanol–water partition coefficient (Wildman–Crippen LogP) is 4.40. The summed E-state index contributed by atoms with van der Waals surface area (Å²) in [6.07, 6.45) is -4.84. The predicted molar refractivity (Wildman–Crippen MR) is 291 cm³/mol. The zero-order chi connectivity index (χ0) is 59.0. The summed E-state index contributed by atoms with van der Waals surface area (Å²) in [6, 6.07) is 0. The minimum Gasteiger partial charge on any atom is -0.462 e. The summed E-state index contributed by atoms with van der Waals surface area (Å²) in [5.41, 5.74) is 0. The Morgan fingerprint density at radius 3 is 1.23 bits per heavy atom. The van der Waals surface area contributed by atoms with Crippen molar-refractivity contribution in [2.75, 3.05) is 26.4 Å². The van der Waals surface area contributed by atoms with Gasteiger partial charge in [0.15, 0.2) is 18.7 Å². The van der Waals surface area contributed by atoms with E-state index in [-0.39, 0.29) is 12.8 Å². The van der Waals surface area contributed by atoms with Crippen molar-refractivity contribution >= 4 is 19.8 Å². The fourth-order valence-corrected chi connectivity index (χ4v) is 11.4. The van der Waals surface area contributed by atoms with Crippen LogP contribution in [-0.4, -0.2) is 204 Å². The second-order valence-corrected chi connectivity index (χ2v) is 23.9. The van der Waals surface area contributed by atoms with Crippen LogP contribution in [0.5, 0.6) is 0 Å². The maximum absolute atomic E-state index is 14.0. The standard InChI is InChI=1S/C56H105O23P/c1-4-6-8-10-12-13-14-15-16-17-18-24-28-32-42(60)74-38(35-72-41(59)31-27-23-20-19-22-26-30-37(3)29-25-21-11-9-7-5-2)36-73-80(70,71)79-54-52(77-55-50(68)45(63)43(61)39(33-57)75-55)48(66)47(65)49(67)53(54)78-56-51(69)46(64)44(62)40(34-58)76-56/h37-40,43-58,61-69H,4-36H2,1-3H3,(H,70,71). The molecule has 3 aliphatic rings. The quantitative estimate of drug-likeness (QED) is 0.0228. The monoisotopic (exact) mass is 1180 g/mol. The Labute approximate surface area is 474 Å². The fourth-order valence-electron chi connectivity index (χ4n) is 10.4. The Bertz CT molecular complexity index is 1610. The zero-order valence-electron chi connectivity index (χ0n) is 48.0. The van der Waals surface area contributed by atoms with Crippen LogP contribution < -0.4 is 0 Å². The number of ether oxygens (including phenoxy) is 6. The molecule has 0 aromatic rings. The lowest BCUT2D eigenvalue weighted by atomic mass is 9.84. The van der Waals surface area contributed by atoms with Gasteiger partial charge in [0.2, 0.25) is 0 Å². The molecule has 0 amide bonds. The van der Waals surface area contributed by atoms with E-state index in [1.165, 1.54) is 96.3 Å². The summed E-state index contributed by atoms with van der Waals surface area (Å²) in [5.74, 6) is -0.619. The number of hydrogen-bond donors (Lipinski definition) is 12. The number of aliphatic hydroxyl groups excluding tert-OH is 11. The van der Waals surface area contributed by atoms with Gasteiger partial charge < -0.3 is 89.5 Å². The lowest BCUT2D eigenvalue weighted by molar-refractivity contribution is -0.360. The maximum Gasteiger partial charge on any atom is 0.472 e. The third kappa shape index (κ3) is 26.4. The first-order chi connectivity index (χ1) is 38.3. The minimum atomic E-state index is -5.63. The van der Waals surface area contributed by atoms with Crippen LogP contribution in [0.2, 0.25) is 0 Å². The van der Waals surface area contributed by atoms with E-state index in [0.29, 0.717) is 18.8 Å². The average molecular weight is 1180 g/mol. The molecule has 12 N–H and O–H groups in total. The van der Waals surface area contributed by atoms with Gasteiger partial charge >= 0.3 is 19.8 Å². The van der Waals surface area contributed by atoms with Crippen molar-refractivity contribution in [3.05, 3.63) is 0 Å². The molecule has 0 spiro atoms. The Morgan fingerprint density at radius 2 is 0.825 bits per heavy atom. The van der Waals surface area contributed by atoms with Crippen LogP contribution in [0, 0.1) is 5.92 Å². The molecule has 3 fully saturated rings. The summed E-state index contributed by atoms with van der Waals surface area (Å²) in [5, 5.41) is 117. The summed E-state index contributed by atoms with van der Waals surface area (Å²) >= 11 is 0. The van der Waals surface area contributed by atoms with Crippen molar-refractivity contribution in [3.63, 3.8) is 0 Å². The van der Waals surface area contributed by atoms with Gasteiger partial charge in [-0.2, -0.15) is 0 Å². The number of aliphatic hydroxyl groups is 11. The van der Waals surface area contributed by atoms with E-state index in [9.17, 15) is 75.2 Å². The molecule has 0 aromatic heterocycles. The van der Waals surface area contributed by atoms with Gasteiger partial charge in [-0.05, 0) is 18.8 Å². The number of unbranched alkanes of at least 4 members (excludes halogenated alkanes) is 22. The fraction of sp³-hybridized carbons (Fsp3) is 0.964. The van der Waals surface area contributed by atoms with Gasteiger partial charge in [-0.3, -0.25) is 18.6 Å². The van der Waals surface area contributed by atoms with Crippen LogP contribution in [0.15, 0.2) is 0 Å². The zero-order valence-corrected chi connectivity index (χ0v) is 48.9. The molecular weight excluding hydrogens is 1070 g/mol. The summed E-state index contributed by atoms with van der Waals surface area (Å²) in [6.45, 7) is 3.34. The number of rotatable bonds is 44. The van der Waals surface area contributed by atoms with Crippen LogP contribution in [0.3, 0.4) is 0 Å². The van der Waals surface area contributed by atoms with E-state index in [4.69, 9.17) is 37.5 Å². The first-order valence-corrected chi connectivity index (χ1v) is 31.8. The molecule has 2 saturated heterocycles. The smallest absolute Gasteiger partial charge is 0.462 e.